The molecular formula is C21H24F2N6O. The Morgan fingerprint density at radius 3 is 2.73 bits per heavy atom. The fourth-order valence-corrected chi connectivity index (χ4v) is 3.74. The summed E-state index contributed by atoms with van der Waals surface area (Å²) in [5.74, 6) is -0.470. The van der Waals surface area contributed by atoms with E-state index in [1.54, 1.807) is 6.20 Å². The third-order valence-electron chi connectivity index (χ3n) is 5.62. The first-order valence-corrected chi connectivity index (χ1v) is 9.53. The number of likely N-dealkylation sites (tertiary alicyclic amines) is 2. The zero-order valence-electron chi connectivity index (χ0n) is 15.8. The number of hydrogen-bond acceptors (Lipinski definition) is 4. The number of nitrogens with one attached hydrogen (secondary N) is 1. The Kier molecular flexibility index (Phi) is 5.15. The molecule has 1 aromatic carbocycles. The first-order valence-electron chi connectivity index (χ1n) is 9.53. The summed E-state index contributed by atoms with van der Waals surface area (Å²) in [6.07, 6.45) is 3.67. The van der Waals surface area contributed by atoms with E-state index in [1.807, 2.05) is 12.3 Å². The second kappa shape index (κ2) is 7.64. The van der Waals surface area contributed by atoms with Crippen LogP contribution in [0.25, 0.3) is 16.7 Å². The number of hydrogen-bond donors (Lipinski definition) is 1. The van der Waals surface area contributed by atoms with Gasteiger partial charge in [-0.1, -0.05) is 7.43 Å². The van der Waals surface area contributed by atoms with Crippen molar-refractivity contribution in [2.45, 2.75) is 26.1 Å². The first kappa shape index (κ1) is 20.2. The van der Waals surface area contributed by atoms with Crippen LogP contribution in [-0.2, 0) is 0 Å². The second-order valence-corrected chi connectivity index (χ2v) is 7.64. The summed E-state index contributed by atoms with van der Waals surface area (Å²) in [7, 11) is 2.07. The van der Waals surface area contributed by atoms with Gasteiger partial charge in [0.25, 0.3) is 0 Å². The number of nitrogens with zero attached hydrogens (tertiary/aromatic N) is 5. The Hall–Kier alpha value is -3.07. The van der Waals surface area contributed by atoms with E-state index in [2.05, 4.69) is 27.3 Å². The molecule has 1 atom stereocenters. The highest BCUT2D eigenvalue weighted by atomic mass is 19.1. The molecule has 0 radical (unpaired) electrons. The van der Waals surface area contributed by atoms with Gasteiger partial charge >= 0.3 is 6.03 Å². The minimum absolute atomic E-state index is 0. The van der Waals surface area contributed by atoms with Crippen molar-refractivity contribution in [3.8, 4) is 5.69 Å². The quantitative estimate of drug-likeness (QED) is 0.709. The lowest BCUT2D eigenvalue weighted by atomic mass is 9.97. The van der Waals surface area contributed by atoms with Gasteiger partial charge in [-0.05, 0) is 43.3 Å². The van der Waals surface area contributed by atoms with E-state index in [9.17, 15) is 13.6 Å². The molecule has 0 aliphatic carbocycles. The van der Waals surface area contributed by atoms with Gasteiger partial charge in [0.05, 0.1) is 13.1 Å². The summed E-state index contributed by atoms with van der Waals surface area (Å²) < 4.78 is 28.8. The topological polar surface area (TPSA) is 66.3 Å². The minimum Gasteiger partial charge on any atom is -0.319 e. The zero-order chi connectivity index (χ0) is 20.1. The van der Waals surface area contributed by atoms with Gasteiger partial charge in [-0.3, -0.25) is 4.90 Å². The van der Waals surface area contributed by atoms with Crippen LogP contribution in [0.15, 0.2) is 36.7 Å². The monoisotopic (exact) mass is 414 g/mol. The standard InChI is InChI=1S/C20H20F2N6O.CH4/c1-26-5-4-17(26)12-6-13-9-28(25-19(13)23-8-12)18-7-15(2-3-16(18)22)24-20(29)27-10-14(21)11-27;/h2-3,6-9,14,17H,4-5,10-11H2,1H3,(H,24,29);1H4. The van der Waals surface area contributed by atoms with Crippen molar-refractivity contribution >= 4 is 22.8 Å². The van der Waals surface area contributed by atoms with Crippen molar-refractivity contribution in [1.29, 1.82) is 0 Å². The third-order valence-corrected chi connectivity index (χ3v) is 5.62. The second-order valence-electron chi connectivity index (χ2n) is 7.64. The average molecular weight is 414 g/mol. The van der Waals surface area contributed by atoms with Crippen LogP contribution in [-0.4, -0.2) is 63.4 Å². The number of pyridine rings is 1. The van der Waals surface area contributed by atoms with E-state index >= 15 is 0 Å². The van der Waals surface area contributed by atoms with Crippen LogP contribution in [0, 0.1) is 5.82 Å². The highest BCUT2D eigenvalue weighted by Crippen LogP contribution is 2.32. The van der Waals surface area contributed by atoms with Gasteiger partial charge in [-0.2, -0.15) is 0 Å². The number of halogens is 2. The molecule has 2 aliphatic heterocycles. The predicted molar refractivity (Wildman–Crippen MR) is 111 cm³/mol. The zero-order valence-corrected chi connectivity index (χ0v) is 15.8. The van der Waals surface area contributed by atoms with Gasteiger partial charge in [-0.25, -0.2) is 23.2 Å². The number of aromatic nitrogens is 3. The van der Waals surface area contributed by atoms with Crippen molar-refractivity contribution in [2.75, 3.05) is 32.0 Å². The van der Waals surface area contributed by atoms with E-state index < -0.39 is 18.0 Å². The van der Waals surface area contributed by atoms with E-state index in [0.717, 1.165) is 23.9 Å². The highest BCUT2D eigenvalue weighted by molar-refractivity contribution is 5.90. The Labute approximate surface area is 173 Å². The molecule has 9 heteroatoms. The molecule has 7 nitrogen and oxygen atoms in total. The number of carbonyl (C=O) groups excluding carboxylic acids is 1. The molecule has 2 fully saturated rings. The van der Waals surface area contributed by atoms with Crippen LogP contribution in [0.3, 0.4) is 0 Å². The predicted octanol–water partition coefficient (Wildman–Crippen LogP) is 3.76. The SMILES string of the molecule is C.CN1CCC1c1cnc2nn(-c3cc(NC(=O)N4CC(F)C4)ccc3F)cc2c1. The summed E-state index contributed by atoms with van der Waals surface area (Å²) in [5.41, 5.74) is 2.26. The van der Waals surface area contributed by atoms with Crippen molar-refractivity contribution in [2.24, 2.45) is 0 Å². The highest BCUT2D eigenvalue weighted by Gasteiger charge is 2.30. The van der Waals surface area contributed by atoms with Crippen molar-refractivity contribution in [3.05, 3.63) is 48.0 Å². The number of anilines is 1. The van der Waals surface area contributed by atoms with Crippen LogP contribution in [0.1, 0.15) is 25.5 Å². The van der Waals surface area contributed by atoms with Gasteiger partial charge in [-0.15, -0.1) is 5.10 Å². The molecule has 5 rings (SSSR count). The van der Waals surface area contributed by atoms with Crippen LogP contribution in [0.4, 0.5) is 19.3 Å². The van der Waals surface area contributed by atoms with Crippen molar-refractivity contribution in [1.82, 2.24) is 24.6 Å². The molecule has 30 heavy (non-hydrogen) atoms. The molecule has 0 bridgehead atoms. The molecule has 0 saturated carbocycles. The molecule has 2 amide bonds. The number of urea groups is 1. The Morgan fingerprint density at radius 2 is 2.07 bits per heavy atom. The summed E-state index contributed by atoms with van der Waals surface area (Å²) in [6, 6.07) is 6.23. The van der Waals surface area contributed by atoms with E-state index in [1.165, 1.54) is 27.8 Å². The molecule has 2 saturated heterocycles. The minimum atomic E-state index is -0.974. The molecule has 2 aromatic heterocycles. The number of carbonyl (C=O) groups is 1. The van der Waals surface area contributed by atoms with Gasteiger partial charge < -0.3 is 10.2 Å². The van der Waals surface area contributed by atoms with Gasteiger partial charge in [0.1, 0.15) is 17.7 Å². The van der Waals surface area contributed by atoms with Crippen molar-refractivity contribution < 1.29 is 13.6 Å². The summed E-state index contributed by atoms with van der Waals surface area (Å²) in [4.78, 5) is 20.1. The number of rotatable bonds is 3. The van der Waals surface area contributed by atoms with Gasteiger partial charge in [0.15, 0.2) is 5.65 Å². The van der Waals surface area contributed by atoms with Crippen molar-refractivity contribution in [3.63, 3.8) is 0 Å². The third kappa shape index (κ3) is 3.49. The molecular weight excluding hydrogens is 390 g/mol. The Morgan fingerprint density at radius 1 is 1.27 bits per heavy atom. The maximum Gasteiger partial charge on any atom is 0.322 e. The van der Waals surface area contributed by atoms with Crippen LogP contribution in [0.5, 0.6) is 0 Å². The van der Waals surface area contributed by atoms with Crippen LogP contribution < -0.4 is 5.32 Å². The number of fused-ring (bicyclic) bond motifs is 1. The molecule has 1 N–H and O–H groups in total. The van der Waals surface area contributed by atoms with E-state index in [-0.39, 0.29) is 26.2 Å². The lowest BCUT2D eigenvalue weighted by Crippen LogP contribution is -2.53. The van der Waals surface area contributed by atoms with E-state index in [0.29, 0.717) is 17.4 Å². The Balaban J connectivity index is 0.00000218. The summed E-state index contributed by atoms with van der Waals surface area (Å²) in [6.45, 7) is 1.22. The maximum atomic E-state index is 14.5. The van der Waals surface area contributed by atoms with Gasteiger partial charge in [0, 0.05) is 36.1 Å². The number of benzene rings is 1. The van der Waals surface area contributed by atoms with Crippen LogP contribution in [0.2, 0.25) is 0 Å². The molecule has 2 aliphatic rings. The number of alkyl halides is 1. The normalized spacial score (nSPS) is 19.2. The largest absolute Gasteiger partial charge is 0.322 e. The summed E-state index contributed by atoms with van der Waals surface area (Å²) >= 11 is 0. The molecule has 158 valence electrons. The average Bonchev–Trinajstić information content (AvgIpc) is 3.08. The number of amides is 2. The van der Waals surface area contributed by atoms with E-state index in [4.69, 9.17) is 0 Å². The fourth-order valence-electron chi connectivity index (χ4n) is 3.74. The lowest BCUT2D eigenvalue weighted by molar-refractivity contribution is 0.0974. The molecule has 0 spiro atoms. The van der Waals surface area contributed by atoms with Gasteiger partial charge in [0.2, 0.25) is 0 Å². The smallest absolute Gasteiger partial charge is 0.319 e. The maximum absolute atomic E-state index is 14.5. The first-order chi connectivity index (χ1) is 14.0. The molecule has 3 aromatic rings. The lowest BCUT2D eigenvalue weighted by Gasteiger charge is -2.37. The van der Waals surface area contributed by atoms with Crippen LogP contribution >= 0.6 is 0 Å². The fraction of sp³-hybridized carbons (Fsp3) is 0.381. The molecule has 4 heterocycles. The summed E-state index contributed by atoms with van der Waals surface area (Å²) in [5, 5.41) is 7.88. The molecule has 1 unspecified atom stereocenters. The Bertz CT molecular complexity index is 1090.